The minimum Gasteiger partial charge on any atom is -0.486 e. The number of hydrogen-bond donors (Lipinski definition) is 0. The molecule has 0 N–H and O–H groups in total. The van der Waals surface area contributed by atoms with Crippen molar-refractivity contribution in [3.05, 3.63) is 48.5 Å². The number of benzene rings is 2. The van der Waals surface area contributed by atoms with Gasteiger partial charge in [-0.15, -0.1) is 0 Å². The Kier molecular flexibility index (Phi) is 5.55. The predicted molar refractivity (Wildman–Crippen MR) is 104 cm³/mol. The lowest BCUT2D eigenvalue weighted by molar-refractivity contribution is -0.117. The Hall–Kier alpha value is -2.74. The van der Waals surface area contributed by atoms with E-state index in [0.29, 0.717) is 36.9 Å². The average molecular weight is 390 g/mol. The molecule has 0 saturated carbocycles. The Labute approximate surface area is 159 Å². The second-order valence-corrected chi connectivity index (χ2v) is 7.98. The van der Waals surface area contributed by atoms with Gasteiger partial charge in [0.25, 0.3) is 0 Å². The van der Waals surface area contributed by atoms with Crippen LogP contribution in [0.3, 0.4) is 0 Å². The van der Waals surface area contributed by atoms with Gasteiger partial charge in [-0.3, -0.25) is 9.10 Å². The summed E-state index contributed by atoms with van der Waals surface area (Å²) in [5.41, 5.74) is 1.08. The number of anilines is 2. The van der Waals surface area contributed by atoms with Gasteiger partial charge in [0.1, 0.15) is 19.8 Å². The van der Waals surface area contributed by atoms with Crippen molar-refractivity contribution in [2.45, 2.75) is 6.92 Å². The molecule has 0 unspecified atom stereocenters. The van der Waals surface area contributed by atoms with E-state index in [9.17, 15) is 13.2 Å². The second-order valence-electron chi connectivity index (χ2n) is 6.07. The van der Waals surface area contributed by atoms with Gasteiger partial charge in [-0.25, -0.2) is 8.42 Å². The van der Waals surface area contributed by atoms with E-state index in [-0.39, 0.29) is 12.5 Å². The molecule has 7 nitrogen and oxygen atoms in total. The Balaban J connectivity index is 1.89. The second kappa shape index (κ2) is 7.87. The maximum absolute atomic E-state index is 12.9. The van der Waals surface area contributed by atoms with Gasteiger partial charge >= 0.3 is 0 Å². The number of ether oxygens (including phenoxy) is 2. The molecular weight excluding hydrogens is 368 g/mol. The molecule has 0 radical (unpaired) electrons. The highest BCUT2D eigenvalue weighted by Gasteiger charge is 2.25. The molecule has 0 atom stereocenters. The molecule has 1 aliphatic rings. The summed E-state index contributed by atoms with van der Waals surface area (Å²) in [6.45, 7) is 2.82. The van der Waals surface area contributed by atoms with Crippen molar-refractivity contribution in [1.29, 1.82) is 0 Å². The monoisotopic (exact) mass is 390 g/mol. The van der Waals surface area contributed by atoms with Gasteiger partial charge in [-0.2, -0.15) is 0 Å². The van der Waals surface area contributed by atoms with Crippen LogP contribution >= 0.6 is 0 Å². The van der Waals surface area contributed by atoms with Crippen LogP contribution in [0.1, 0.15) is 6.92 Å². The zero-order chi connectivity index (χ0) is 19.4. The highest BCUT2D eigenvalue weighted by atomic mass is 32.2. The van der Waals surface area contributed by atoms with Crippen molar-refractivity contribution in [3.8, 4) is 11.5 Å². The van der Waals surface area contributed by atoms with Gasteiger partial charge in [0.15, 0.2) is 11.5 Å². The molecule has 0 spiro atoms. The van der Waals surface area contributed by atoms with Gasteiger partial charge in [0, 0.05) is 18.3 Å². The summed E-state index contributed by atoms with van der Waals surface area (Å²) in [6, 6.07) is 14.0. The lowest BCUT2D eigenvalue weighted by Crippen LogP contribution is -2.42. The van der Waals surface area contributed by atoms with Crippen molar-refractivity contribution in [3.63, 3.8) is 0 Å². The molecule has 1 amide bonds. The summed E-state index contributed by atoms with van der Waals surface area (Å²) in [4.78, 5) is 14.4. The molecule has 0 fully saturated rings. The van der Waals surface area contributed by atoms with E-state index >= 15 is 0 Å². The van der Waals surface area contributed by atoms with Crippen molar-refractivity contribution in [2.75, 3.05) is 41.8 Å². The standard InChI is InChI=1S/C19H22N2O5S/c1-3-20(15-7-5-4-6-8-15)19(22)14-21(27(2,23)24)16-9-10-17-18(13-16)26-12-11-25-17/h4-10,13H,3,11-12,14H2,1-2H3. The lowest BCUT2D eigenvalue weighted by Gasteiger charge is -2.28. The average Bonchev–Trinajstić information content (AvgIpc) is 2.66. The third-order valence-electron chi connectivity index (χ3n) is 4.18. The van der Waals surface area contributed by atoms with Crippen molar-refractivity contribution < 1.29 is 22.7 Å². The quantitative estimate of drug-likeness (QED) is 0.756. The summed E-state index contributed by atoms with van der Waals surface area (Å²) < 4.78 is 36.8. The molecule has 8 heteroatoms. The summed E-state index contributed by atoms with van der Waals surface area (Å²) in [5, 5.41) is 0. The molecule has 2 aromatic carbocycles. The van der Waals surface area contributed by atoms with E-state index < -0.39 is 10.0 Å². The fraction of sp³-hybridized carbons (Fsp3) is 0.316. The van der Waals surface area contributed by atoms with Crippen LogP contribution in [0.15, 0.2) is 48.5 Å². The number of nitrogens with zero attached hydrogens (tertiary/aromatic N) is 2. The minimum absolute atomic E-state index is 0.304. The highest BCUT2D eigenvalue weighted by Crippen LogP contribution is 2.34. The topological polar surface area (TPSA) is 76.2 Å². The first-order valence-corrected chi connectivity index (χ1v) is 10.5. The zero-order valence-corrected chi connectivity index (χ0v) is 16.1. The van der Waals surface area contributed by atoms with Gasteiger partial charge in [0.05, 0.1) is 11.9 Å². The van der Waals surface area contributed by atoms with Crippen LogP contribution in [-0.4, -0.2) is 46.9 Å². The Morgan fingerprint density at radius 3 is 2.30 bits per heavy atom. The molecule has 3 rings (SSSR count). The third kappa shape index (κ3) is 4.33. The van der Waals surface area contributed by atoms with Crippen molar-refractivity contribution >= 4 is 27.3 Å². The fourth-order valence-electron chi connectivity index (χ4n) is 2.91. The van der Waals surface area contributed by atoms with E-state index in [4.69, 9.17) is 9.47 Å². The maximum atomic E-state index is 12.9. The summed E-state index contributed by atoms with van der Waals surface area (Å²) in [6.07, 6.45) is 1.08. The lowest BCUT2D eigenvalue weighted by atomic mass is 10.2. The van der Waals surface area contributed by atoms with Crippen LogP contribution in [0.4, 0.5) is 11.4 Å². The smallest absolute Gasteiger partial charge is 0.247 e. The Morgan fingerprint density at radius 2 is 1.67 bits per heavy atom. The predicted octanol–water partition coefficient (Wildman–Crippen LogP) is 2.28. The molecule has 0 saturated heterocycles. The van der Waals surface area contributed by atoms with Crippen molar-refractivity contribution in [2.24, 2.45) is 0 Å². The number of sulfonamides is 1. The number of rotatable bonds is 6. The number of likely N-dealkylation sites (N-methyl/N-ethyl adjacent to an activating group) is 1. The molecule has 1 aliphatic heterocycles. The summed E-state index contributed by atoms with van der Waals surface area (Å²) in [5.74, 6) is 0.712. The molecular formula is C19H22N2O5S. The molecule has 27 heavy (non-hydrogen) atoms. The number of carbonyl (C=O) groups is 1. The number of hydrogen-bond acceptors (Lipinski definition) is 5. The van der Waals surface area contributed by atoms with Gasteiger partial charge in [0.2, 0.25) is 15.9 Å². The molecule has 0 aromatic heterocycles. The van der Waals surface area contributed by atoms with Crippen molar-refractivity contribution in [1.82, 2.24) is 0 Å². The number of amides is 1. The van der Waals surface area contributed by atoms with E-state index in [0.717, 1.165) is 16.2 Å². The normalized spacial score (nSPS) is 13.1. The van der Waals surface area contributed by atoms with Crippen LogP contribution in [-0.2, 0) is 14.8 Å². The van der Waals surface area contributed by atoms with Crippen LogP contribution in [0.25, 0.3) is 0 Å². The van der Waals surface area contributed by atoms with Crippen LogP contribution in [0.2, 0.25) is 0 Å². The Bertz CT molecular complexity index is 915. The van der Waals surface area contributed by atoms with E-state index in [1.54, 1.807) is 23.1 Å². The first-order chi connectivity index (χ1) is 12.9. The SMILES string of the molecule is CCN(C(=O)CN(c1ccc2c(c1)OCCO2)S(C)(=O)=O)c1ccccc1. The number of fused-ring (bicyclic) bond motifs is 1. The van der Waals surface area contributed by atoms with Crippen LogP contribution in [0.5, 0.6) is 11.5 Å². The molecule has 0 bridgehead atoms. The highest BCUT2D eigenvalue weighted by molar-refractivity contribution is 7.92. The number of carbonyl (C=O) groups excluding carboxylic acids is 1. The van der Waals surface area contributed by atoms with Gasteiger partial charge in [-0.05, 0) is 31.2 Å². The molecule has 1 heterocycles. The van der Waals surface area contributed by atoms with Crippen LogP contribution in [0, 0.1) is 0 Å². The number of para-hydroxylation sites is 1. The summed E-state index contributed by atoms with van der Waals surface area (Å²) in [7, 11) is -3.67. The van der Waals surface area contributed by atoms with Crippen LogP contribution < -0.4 is 18.7 Å². The molecule has 0 aliphatic carbocycles. The van der Waals surface area contributed by atoms with Gasteiger partial charge < -0.3 is 14.4 Å². The largest absolute Gasteiger partial charge is 0.486 e. The van der Waals surface area contributed by atoms with E-state index in [2.05, 4.69) is 0 Å². The molecule has 2 aromatic rings. The Morgan fingerprint density at radius 1 is 1.00 bits per heavy atom. The fourth-order valence-corrected chi connectivity index (χ4v) is 3.75. The van der Waals surface area contributed by atoms with Gasteiger partial charge in [-0.1, -0.05) is 18.2 Å². The first-order valence-electron chi connectivity index (χ1n) is 8.63. The summed E-state index contributed by atoms with van der Waals surface area (Å²) >= 11 is 0. The minimum atomic E-state index is -3.67. The van der Waals surface area contributed by atoms with E-state index in [1.807, 2.05) is 37.3 Å². The zero-order valence-electron chi connectivity index (χ0n) is 15.3. The third-order valence-corrected chi connectivity index (χ3v) is 5.32. The van der Waals surface area contributed by atoms with E-state index in [1.165, 1.54) is 0 Å². The maximum Gasteiger partial charge on any atom is 0.247 e. The first kappa shape index (κ1) is 19.0. The molecule has 144 valence electrons.